The van der Waals surface area contributed by atoms with Gasteiger partial charge in [0, 0.05) is 6.54 Å². The molecule has 122 valence electrons. The third-order valence-corrected chi connectivity index (χ3v) is 4.42. The molecule has 6 heteroatoms. The zero-order valence-electron chi connectivity index (χ0n) is 13.5. The number of imidazole rings is 1. The van der Waals surface area contributed by atoms with Crippen molar-refractivity contribution >= 4 is 11.0 Å². The zero-order chi connectivity index (χ0) is 17.0. The van der Waals surface area contributed by atoms with Gasteiger partial charge in [0.25, 0.3) is 0 Å². The topological polar surface area (TPSA) is 61.9 Å². The maximum atomic E-state index is 12.8. The van der Waals surface area contributed by atoms with Crippen molar-refractivity contribution in [1.82, 2.24) is 19.3 Å². The Morgan fingerprint density at radius 1 is 1.08 bits per heavy atom. The van der Waals surface area contributed by atoms with Gasteiger partial charge in [-0.05, 0) is 31.2 Å². The lowest BCUT2D eigenvalue weighted by Gasteiger charge is -2.11. The third-order valence-electron chi connectivity index (χ3n) is 4.42. The number of ether oxygens (including phenoxy) is 1. The summed E-state index contributed by atoms with van der Waals surface area (Å²) < 4.78 is 9.37. The van der Waals surface area contributed by atoms with Crippen LogP contribution in [0.5, 0.6) is 11.5 Å². The lowest BCUT2D eigenvalue weighted by Crippen LogP contribution is -2.24. The molecule has 0 aliphatic carbocycles. The number of nitrogens with zero attached hydrogens (tertiary/aromatic N) is 4. The molecular weight excluding hydrogens is 316 g/mol. The predicted molar refractivity (Wildman–Crippen MR) is 94.3 cm³/mol. The summed E-state index contributed by atoms with van der Waals surface area (Å²) in [5.74, 6) is 1.63. The fraction of sp³-hybridized carbons (Fsp3) is 0.105. The first-order valence-corrected chi connectivity index (χ1v) is 8.13. The Morgan fingerprint density at radius 2 is 1.88 bits per heavy atom. The van der Waals surface area contributed by atoms with Crippen molar-refractivity contribution in [3.63, 3.8) is 0 Å². The van der Waals surface area contributed by atoms with E-state index in [0.29, 0.717) is 18.0 Å². The number of fused-ring (bicyclic) bond motifs is 7. The van der Waals surface area contributed by atoms with Gasteiger partial charge in [-0.3, -0.25) is 9.36 Å². The van der Waals surface area contributed by atoms with E-state index in [-0.39, 0.29) is 11.3 Å². The number of hydrogen-bond acceptors (Lipinski definition) is 4. The fourth-order valence-corrected chi connectivity index (χ4v) is 3.24. The smallest absolute Gasteiger partial charge is 0.311 e. The highest BCUT2D eigenvalue weighted by Crippen LogP contribution is 2.40. The second kappa shape index (κ2) is 5.04. The van der Waals surface area contributed by atoms with Crippen LogP contribution >= 0.6 is 0 Å². The van der Waals surface area contributed by atoms with Crippen LogP contribution in [0.15, 0.2) is 59.5 Å². The highest BCUT2D eigenvalue weighted by atomic mass is 16.5. The van der Waals surface area contributed by atoms with Crippen LogP contribution in [0.25, 0.3) is 28.1 Å². The Labute approximate surface area is 142 Å². The molecule has 1 aliphatic rings. The molecule has 3 heterocycles. The molecule has 0 amide bonds. The molecule has 2 aromatic heterocycles. The highest BCUT2D eigenvalue weighted by Gasteiger charge is 2.26. The summed E-state index contributed by atoms with van der Waals surface area (Å²) in [6.45, 7) is 2.36. The van der Waals surface area contributed by atoms with Gasteiger partial charge in [-0.25, -0.2) is 9.67 Å². The Kier molecular flexibility index (Phi) is 2.82. The number of rotatable bonds is 1. The van der Waals surface area contributed by atoms with E-state index in [1.54, 1.807) is 6.20 Å². The molecule has 0 saturated heterocycles. The molecule has 4 aromatic rings. The first-order chi connectivity index (χ1) is 12.3. The van der Waals surface area contributed by atoms with Crippen LogP contribution in [-0.4, -0.2) is 19.3 Å². The minimum absolute atomic E-state index is 0.250. The lowest BCUT2D eigenvalue weighted by atomic mass is 10.2. The van der Waals surface area contributed by atoms with Gasteiger partial charge in [-0.1, -0.05) is 24.3 Å². The quantitative estimate of drug-likeness (QED) is 0.473. The molecule has 6 nitrogen and oxygen atoms in total. The molecule has 1 aliphatic heterocycles. The third kappa shape index (κ3) is 1.88. The fourth-order valence-electron chi connectivity index (χ4n) is 3.24. The van der Waals surface area contributed by atoms with Crippen molar-refractivity contribution in [2.45, 2.75) is 13.5 Å². The molecule has 0 N–H and O–H groups in total. The molecule has 5 rings (SSSR count). The van der Waals surface area contributed by atoms with Crippen molar-refractivity contribution in [2.24, 2.45) is 0 Å². The van der Waals surface area contributed by atoms with E-state index in [4.69, 9.17) is 9.72 Å². The summed E-state index contributed by atoms with van der Waals surface area (Å²) in [7, 11) is 0. The van der Waals surface area contributed by atoms with Crippen molar-refractivity contribution in [2.75, 3.05) is 0 Å². The molecule has 0 saturated carbocycles. The van der Waals surface area contributed by atoms with E-state index >= 15 is 0 Å². The van der Waals surface area contributed by atoms with Gasteiger partial charge >= 0.3 is 5.56 Å². The van der Waals surface area contributed by atoms with Crippen LogP contribution in [0.3, 0.4) is 0 Å². The Balaban J connectivity index is 1.98. The van der Waals surface area contributed by atoms with E-state index in [0.717, 1.165) is 22.4 Å². The van der Waals surface area contributed by atoms with Crippen LogP contribution in [0.4, 0.5) is 0 Å². The van der Waals surface area contributed by atoms with E-state index in [2.05, 4.69) is 5.10 Å². The molecule has 0 unspecified atom stereocenters. The average Bonchev–Trinajstić information content (AvgIpc) is 2.96. The van der Waals surface area contributed by atoms with Crippen molar-refractivity contribution in [1.29, 1.82) is 0 Å². The van der Waals surface area contributed by atoms with Gasteiger partial charge < -0.3 is 4.74 Å². The average molecular weight is 330 g/mol. The standard InChI is InChI=1S/C19H14N4O2/c1-2-22-19(24)17-15(11-20-22)23-14-9-5-4-8-13(14)21-18(23)12-7-3-6-10-16(12)25-17/h3-11H,2H2,1H3. The van der Waals surface area contributed by atoms with E-state index in [1.807, 2.05) is 60.0 Å². The van der Waals surface area contributed by atoms with Crippen LogP contribution in [0, 0.1) is 0 Å². The van der Waals surface area contributed by atoms with Crippen LogP contribution < -0.4 is 10.3 Å². The van der Waals surface area contributed by atoms with Crippen LogP contribution in [0.1, 0.15) is 6.92 Å². The molecule has 25 heavy (non-hydrogen) atoms. The van der Waals surface area contributed by atoms with Crippen LogP contribution in [0.2, 0.25) is 0 Å². The number of para-hydroxylation sites is 3. The minimum atomic E-state index is -0.250. The Bertz CT molecular complexity index is 1190. The summed E-state index contributed by atoms with van der Waals surface area (Å²) in [6, 6.07) is 15.5. The molecule has 0 atom stereocenters. The number of aryl methyl sites for hydroxylation is 1. The van der Waals surface area contributed by atoms with Gasteiger partial charge in [0.05, 0.1) is 22.8 Å². The summed E-state index contributed by atoms with van der Waals surface area (Å²) in [6.07, 6.45) is 1.67. The van der Waals surface area contributed by atoms with Gasteiger partial charge in [-0.15, -0.1) is 0 Å². The lowest BCUT2D eigenvalue weighted by molar-refractivity contribution is 0.459. The van der Waals surface area contributed by atoms with Crippen molar-refractivity contribution in [3.8, 4) is 28.6 Å². The minimum Gasteiger partial charge on any atom is -0.448 e. The summed E-state index contributed by atoms with van der Waals surface area (Å²) in [4.78, 5) is 17.6. The second-order valence-electron chi connectivity index (χ2n) is 5.84. The van der Waals surface area contributed by atoms with Crippen LogP contribution in [-0.2, 0) is 6.54 Å². The first kappa shape index (κ1) is 14.0. The summed E-state index contributed by atoms with van der Waals surface area (Å²) in [5.41, 5.74) is 2.97. The normalized spacial score (nSPS) is 12.0. The van der Waals surface area contributed by atoms with Crippen molar-refractivity contribution < 1.29 is 4.74 Å². The Hall–Kier alpha value is -3.41. The predicted octanol–water partition coefficient (Wildman–Crippen LogP) is 3.37. The second-order valence-corrected chi connectivity index (χ2v) is 5.84. The van der Waals surface area contributed by atoms with Gasteiger partial charge in [0.15, 0.2) is 0 Å². The molecule has 2 aromatic carbocycles. The maximum Gasteiger partial charge on any atom is 0.311 e. The van der Waals surface area contributed by atoms with Crippen molar-refractivity contribution in [3.05, 3.63) is 65.1 Å². The number of hydrogen-bond donors (Lipinski definition) is 0. The van der Waals surface area contributed by atoms with E-state index in [9.17, 15) is 4.79 Å². The largest absolute Gasteiger partial charge is 0.448 e. The highest BCUT2D eigenvalue weighted by molar-refractivity contribution is 5.86. The van der Waals surface area contributed by atoms with Gasteiger partial charge in [0.1, 0.15) is 17.3 Å². The monoisotopic (exact) mass is 330 g/mol. The SMILES string of the molecule is CCn1ncc2c(c1=O)Oc1ccccc1-c1nc3ccccc3n1-2. The zero-order valence-corrected chi connectivity index (χ0v) is 13.5. The first-order valence-electron chi connectivity index (χ1n) is 8.13. The molecule has 0 fully saturated rings. The Morgan fingerprint density at radius 3 is 2.76 bits per heavy atom. The summed E-state index contributed by atoms with van der Waals surface area (Å²) in [5, 5.41) is 4.28. The van der Waals surface area contributed by atoms with E-state index < -0.39 is 0 Å². The number of aromatic nitrogens is 4. The van der Waals surface area contributed by atoms with Gasteiger partial charge in [-0.2, -0.15) is 5.10 Å². The molecule has 0 bridgehead atoms. The number of benzene rings is 2. The van der Waals surface area contributed by atoms with E-state index in [1.165, 1.54) is 4.68 Å². The molecule has 0 radical (unpaired) electrons. The molecule has 0 spiro atoms. The van der Waals surface area contributed by atoms with Gasteiger partial charge in [0.2, 0.25) is 5.75 Å². The maximum absolute atomic E-state index is 12.8. The molecular formula is C19H14N4O2. The summed E-state index contributed by atoms with van der Waals surface area (Å²) >= 11 is 0.